The third kappa shape index (κ3) is 4.04. The summed E-state index contributed by atoms with van der Waals surface area (Å²) in [5, 5.41) is 1.67. The van der Waals surface area contributed by atoms with Gasteiger partial charge in [-0.2, -0.15) is 0 Å². The fourth-order valence-electron chi connectivity index (χ4n) is 1.25. The molecule has 0 amide bonds. The van der Waals surface area contributed by atoms with Gasteiger partial charge < -0.3 is 0 Å². The van der Waals surface area contributed by atoms with Crippen molar-refractivity contribution in [2.24, 2.45) is 5.41 Å². The third-order valence-electron chi connectivity index (χ3n) is 2.05. The number of rotatable bonds is 2. The lowest BCUT2D eigenvalue weighted by Crippen LogP contribution is -2.05. The van der Waals surface area contributed by atoms with Crippen LogP contribution < -0.4 is 0 Å². The van der Waals surface area contributed by atoms with Crippen LogP contribution >= 0.6 is 35.0 Å². The minimum absolute atomic E-state index is 0.00502. The molecule has 0 radical (unpaired) electrons. The fraction of sp³-hybridized carbons (Fsp3) is 0.385. The Labute approximate surface area is 112 Å². The molecule has 0 nitrogen and oxygen atoms in total. The molecule has 1 aromatic rings. The van der Waals surface area contributed by atoms with Gasteiger partial charge in [0.1, 0.15) is 0 Å². The van der Waals surface area contributed by atoms with Crippen LogP contribution in [-0.2, 0) is 0 Å². The molecule has 16 heavy (non-hydrogen) atoms. The summed E-state index contributed by atoms with van der Waals surface area (Å²) in [7, 11) is 0. The van der Waals surface area contributed by atoms with Crippen LogP contribution in [0.25, 0.3) is 0 Å². The molecule has 1 rings (SSSR count). The lowest BCUT2D eigenvalue weighted by Gasteiger charge is -2.19. The summed E-state index contributed by atoms with van der Waals surface area (Å²) in [4.78, 5) is 2.29. The first-order chi connectivity index (χ1) is 7.30. The normalized spacial score (nSPS) is 13.6. The minimum Gasteiger partial charge on any atom is -0.0936 e. The summed E-state index contributed by atoms with van der Waals surface area (Å²) in [6.07, 6.45) is 0. The summed E-state index contributed by atoms with van der Waals surface area (Å²) in [6.45, 7) is 8.39. The number of allylic oxidation sites excluding steroid dienone is 2. The molecular weight excluding hydrogens is 259 g/mol. The Morgan fingerprint density at radius 3 is 2.06 bits per heavy atom. The van der Waals surface area contributed by atoms with E-state index in [9.17, 15) is 0 Å². The van der Waals surface area contributed by atoms with Crippen molar-refractivity contribution >= 4 is 35.0 Å². The van der Waals surface area contributed by atoms with E-state index in [0.29, 0.717) is 0 Å². The number of halogens is 2. The molecule has 0 fully saturated rings. The van der Waals surface area contributed by atoms with Gasteiger partial charge in [-0.1, -0.05) is 55.7 Å². The quantitative estimate of drug-likeness (QED) is 0.601. The van der Waals surface area contributed by atoms with E-state index in [1.165, 1.54) is 0 Å². The maximum Gasteiger partial charge on any atom is 0.0406 e. The maximum atomic E-state index is 6.32. The van der Waals surface area contributed by atoms with Crippen molar-refractivity contribution in [3.05, 3.63) is 39.2 Å². The molecule has 0 aliphatic carbocycles. The van der Waals surface area contributed by atoms with Gasteiger partial charge in [0.05, 0.1) is 0 Å². The van der Waals surface area contributed by atoms with Crippen molar-refractivity contribution in [3.63, 3.8) is 0 Å². The minimum atomic E-state index is 0.00502. The zero-order chi connectivity index (χ0) is 12.3. The topological polar surface area (TPSA) is 0 Å². The molecule has 0 spiro atoms. The second-order valence-corrected chi connectivity index (χ2v) is 6.78. The number of hydrogen-bond acceptors (Lipinski definition) is 1. The zero-order valence-corrected chi connectivity index (χ0v) is 12.3. The molecule has 0 unspecified atom stereocenters. The van der Waals surface area contributed by atoms with Crippen molar-refractivity contribution in [1.82, 2.24) is 0 Å². The standard InChI is InChI=1S/C13H16Cl2S/c1-9(12(15)13(2,3)4)16-11-7-5-10(14)6-8-11/h5-8H,1-4H3/b12-9+. The molecule has 88 valence electrons. The summed E-state index contributed by atoms with van der Waals surface area (Å²) in [5.41, 5.74) is 0.00502. The van der Waals surface area contributed by atoms with Crippen LogP contribution in [0.15, 0.2) is 39.1 Å². The Morgan fingerprint density at radius 1 is 1.12 bits per heavy atom. The van der Waals surface area contributed by atoms with Crippen LogP contribution in [0.3, 0.4) is 0 Å². The van der Waals surface area contributed by atoms with Gasteiger partial charge in [-0.25, -0.2) is 0 Å². The van der Waals surface area contributed by atoms with Crippen molar-refractivity contribution in [2.75, 3.05) is 0 Å². The lowest BCUT2D eigenvalue weighted by atomic mass is 9.96. The second-order valence-electron chi connectivity index (χ2n) is 4.68. The van der Waals surface area contributed by atoms with E-state index in [4.69, 9.17) is 23.2 Å². The highest BCUT2D eigenvalue weighted by Gasteiger charge is 2.17. The Bertz CT molecular complexity index is 385. The maximum absolute atomic E-state index is 6.32. The highest BCUT2D eigenvalue weighted by Crippen LogP contribution is 2.38. The van der Waals surface area contributed by atoms with E-state index >= 15 is 0 Å². The first kappa shape index (κ1) is 14.0. The van der Waals surface area contributed by atoms with Gasteiger partial charge in [0.2, 0.25) is 0 Å². The van der Waals surface area contributed by atoms with Gasteiger partial charge in [0.25, 0.3) is 0 Å². The summed E-state index contributed by atoms with van der Waals surface area (Å²) in [6, 6.07) is 7.79. The Morgan fingerprint density at radius 2 is 1.62 bits per heavy atom. The van der Waals surface area contributed by atoms with E-state index in [1.54, 1.807) is 11.8 Å². The van der Waals surface area contributed by atoms with Crippen molar-refractivity contribution in [3.8, 4) is 0 Å². The van der Waals surface area contributed by atoms with Gasteiger partial charge in [-0.15, -0.1) is 0 Å². The molecule has 3 heteroatoms. The third-order valence-corrected chi connectivity index (χ3v) is 4.28. The molecule has 0 bridgehead atoms. The van der Waals surface area contributed by atoms with Gasteiger partial charge in [0.15, 0.2) is 0 Å². The molecule has 0 aliphatic rings. The van der Waals surface area contributed by atoms with E-state index in [1.807, 2.05) is 31.2 Å². The summed E-state index contributed by atoms with van der Waals surface area (Å²) < 4.78 is 0. The van der Waals surface area contributed by atoms with Gasteiger partial charge in [-0.3, -0.25) is 0 Å². The molecule has 0 atom stereocenters. The van der Waals surface area contributed by atoms with Crippen molar-refractivity contribution < 1.29 is 0 Å². The second kappa shape index (κ2) is 5.48. The average Bonchev–Trinajstić information content (AvgIpc) is 2.19. The van der Waals surface area contributed by atoms with E-state index in [-0.39, 0.29) is 5.41 Å². The largest absolute Gasteiger partial charge is 0.0936 e. The molecule has 0 saturated carbocycles. The van der Waals surface area contributed by atoms with Gasteiger partial charge in [-0.05, 0) is 36.6 Å². The predicted molar refractivity (Wildman–Crippen MR) is 75.3 cm³/mol. The fourth-order valence-corrected chi connectivity index (χ4v) is 2.52. The molecule has 1 aromatic carbocycles. The average molecular weight is 275 g/mol. The molecule has 0 heterocycles. The molecule has 0 N–H and O–H groups in total. The van der Waals surface area contributed by atoms with Gasteiger partial charge in [0, 0.05) is 19.9 Å². The van der Waals surface area contributed by atoms with Crippen molar-refractivity contribution in [1.29, 1.82) is 0 Å². The number of thioether (sulfide) groups is 1. The molecule has 0 saturated heterocycles. The van der Waals surface area contributed by atoms with E-state index in [0.717, 1.165) is 19.9 Å². The van der Waals surface area contributed by atoms with E-state index < -0.39 is 0 Å². The Kier molecular flexibility index (Phi) is 4.78. The van der Waals surface area contributed by atoms with Crippen molar-refractivity contribution in [2.45, 2.75) is 32.6 Å². The molecule has 0 aromatic heterocycles. The van der Waals surface area contributed by atoms with Crippen LogP contribution in [0, 0.1) is 5.41 Å². The highest BCUT2D eigenvalue weighted by molar-refractivity contribution is 8.03. The number of benzene rings is 1. The van der Waals surface area contributed by atoms with Gasteiger partial charge >= 0.3 is 0 Å². The molecular formula is C13H16Cl2S. The predicted octanol–water partition coefficient (Wildman–Crippen LogP) is 5.95. The molecule has 0 aliphatic heterocycles. The van der Waals surface area contributed by atoms with Crippen LogP contribution in [0.4, 0.5) is 0 Å². The Hall–Kier alpha value is -0.110. The monoisotopic (exact) mass is 274 g/mol. The lowest BCUT2D eigenvalue weighted by molar-refractivity contribution is 0.529. The summed E-state index contributed by atoms with van der Waals surface area (Å²) >= 11 is 13.8. The van der Waals surface area contributed by atoms with Crippen LogP contribution in [0.1, 0.15) is 27.7 Å². The highest BCUT2D eigenvalue weighted by atomic mass is 35.5. The zero-order valence-electron chi connectivity index (χ0n) is 9.97. The Balaban J connectivity index is 2.86. The smallest absolute Gasteiger partial charge is 0.0406 e. The van der Waals surface area contributed by atoms with Crippen LogP contribution in [0.5, 0.6) is 0 Å². The first-order valence-electron chi connectivity index (χ1n) is 5.11. The summed E-state index contributed by atoms with van der Waals surface area (Å²) in [5.74, 6) is 0. The number of hydrogen-bond donors (Lipinski definition) is 0. The van der Waals surface area contributed by atoms with E-state index in [2.05, 4.69) is 20.8 Å². The SMILES string of the molecule is C/C(Sc1ccc(Cl)cc1)=C(\Cl)C(C)(C)C. The van der Waals surface area contributed by atoms with Crippen LogP contribution in [-0.4, -0.2) is 0 Å². The first-order valence-corrected chi connectivity index (χ1v) is 6.68. The van der Waals surface area contributed by atoms with Crippen LogP contribution in [0.2, 0.25) is 5.02 Å².